The number of nitrogens with one attached hydrogen (secondary N) is 1. The summed E-state index contributed by atoms with van der Waals surface area (Å²) >= 11 is 0. The zero-order valence-corrected chi connectivity index (χ0v) is 14.0. The fourth-order valence-corrected chi connectivity index (χ4v) is 2.61. The molecule has 1 heterocycles. The van der Waals surface area contributed by atoms with Gasteiger partial charge in [-0.15, -0.1) is 0 Å². The highest BCUT2D eigenvalue weighted by Crippen LogP contribution is 2.32. The molecule has 0 spiro atoms. The zero-order chi connectivity index (χ0) is 19.4. The predicted octanol–water partition coefficient (Wildman–Crippen LogP) is 3.61. The van der Waals surface area contributed by atoms with Crippen LogP contribution in [0.5, 0.6) is 0 Å². The molecule has 1 unspecified atom stereocenters. The van der Waals surface area contributed by atoms with Crippen molar-refractivity contribution in [2.45, 2.75) is 24.9 Å². The molecule has 1 atom stereocenters. The van der Waals surface area contributed by atoms with Crippen LogP contribution in [-0.4, -0.2) is 50.3 Å². The molecule has 0 saturated carbocycles. The van der Waals surface area contributed by atoms with Crippen molar-refractivity contribution in [1.29, 1.82) is 0 Å². The van der Waals surface area contributed by atoms with Crippen molar-refractivity contribution in [3.8, 4) is 0 Å². The molecule has 1 aromatic rings. The van der Waals surface area contributed by atoms with E-state index in [9.17, 15) is 26.3 Å². The molecular weight excluding hydrogens is 364 g/mol. The van der Waals surface area contributed by atoms with E-state index in [1.807, 2.05) is 0 Å². The van der Waals surface area contributed by atoms with E-state index in [4.69, 9.17) is 4.74 Å². The first-order chi connectivity index (χ1) is 12.1. The Morgan fingerprint density at radius 2 is 2.00 bits per heavy atom. The fraction of sp³-hybridized carbons (Fsp3) is 0.562. The van der Waals surface area contributed by atoms with Gasteiger partial charge in [0.25, 0.3) is 0 Å². The minimum absolute atomic E-state index is 0.188. The summed E-state index contributed by atoms with van der Waals surface area (Å²) in [5.41, 5.74) is -0.418. The van der Waals surface area contributed by atoms with E-state index >= 15 is 0 Å². The Kier molecular flexibility index (Phi) is 6.38. The third-order valence-corrected chi connectivity index (χ3v) is 3.86. The summed E-state index contributed by atoms with van der Waals surface area (Å²) in [4.78, 5) is 5.62. The van der Waals surface area contributed by atoms with Crippen LogP contribution in [0.25, 0.3) is 0 Å². The Morgan fingerprint density at radius 1 is 1.27 bits per heavy atom. The second-order valence-electron chi connectivity index (χ2n) is 5.77. The number of ether oxygens (including phenoxy) is 1. The molecule has 1 aliphatic heterocycles. The Hall–Kier alpha value is -1.97. The molecule has 0 radical (unpaired) electrons. The highest BCUT2D eigenvalue weighted by molar-refractivity contribution is 5.80. The number of aliphatic imine (C=N–C) groups is 1. The summed E-state index contributed by atoms with van der Waals surface area (Å²) in [5.74, 6) is 0.259. The SMILES string of the molecule is CN=C(NCCC(F)(F)F)N1CCOC(c2cccc(C(F)(F)F)c2)C1. The molecule has 0 aromatic heterocycles. The maximum absolute atomic E-state index is 12.9. The number of rotatable bonds is 3. The van der Waals surface area contributed by atoms with Crippen LogP contribution in [0.15, 0.2) is 29.3 Å². The van der Waals surface area contributed by atoms with E-state index in [1.165, 1.54) is 19.2 Å². The summed E-state index contributed by atoms with van der Waals surface area (Å²) in [6.45, 7) is 0.455. The summed E-state index contributed by atoms with van der Waals surface area (Å²) in [7, 11) is 1.44. The molecule has 10 heteroatoms. The molecule has 1 N–H and O–H groups in total. The third-order valence-electron chi connectivity index (χ3n) is 3.86. The van der Waals surface area contributed by atoms with Crippen LogP contribution in [0, 0.1) is 0 Å². The number of nitrogens with zero attached hydrogens (tertiary/aromatic N) is 2. The van der Waals surface area contributed by atoms with Crippen LogP contribution in [0.3, 0.4) is 0 Å². The summed E-state index contributed by atoms with van der Waals surface area (Å²) < 4.78 is 80.9. The molecule has 2 rings (SSSR count). The van der Waals surface area contributed by atoms with Gasteiger partial charge in [0.05, 0.1) is 25.1 Å². The van der Waals surface area contributed by atoms with Gasteiger partial charge in [0, 0.05) is 20.1 Å². The van der Waals surface area contributed by atoms with Gasteiger partial charge in [-0.3, -0.25) is 4.99 Å². The largest absolute Gasteiger partial charge is 0.416 e. The van der Waals surface area contributed by atoms with E-state index in [0.29, 0.717) is 12.1 Å². The zero-order valence-electron chi connectivity index (χ0n) is 14.0. The molecule has 26 heavy (non-hydrogen) atoms. The van der Waals surface area contributed by atoms with E-state index in [0.717, 1.165) is 12.1 Å². The van der Waals surface area contributed by atoms with Gasteiger partial charge in [-0.05, 0) is 17.7 Å². The van der Waals surface area contributed by atoms with E-state index in [2.05, 4.69) is 10.3 Å². The van der Waals surface area contributed by atoms with Crippen molar-refractivity contribution in [2.75, 3.05) is 33.3 Å². The Morgan fingerprint density at radius 3 is 2.62 bits per heavy atom. The van der Waals surface area contributed by atoms with Gasteiger partial charge in [0.1, 0.15) is 6.10 Å². The number of benzene rings is 1. The van der Waals surface area contributed by atoms with E-state index < -0.39 is 30.4 Å². The summed E-state index contributed by atoms with van der Waals surface area (Å²) in [6, 6.07) is 4.83. The number of hydrogen-bond donors (Lipinski definition) is 1. The van der Waals surface area contributed by atoms with Crippen LogP contribution < -0.4 is 5.32 Å². The Bertz CT molecular complexity index is 629. The lowest BCUT2D eigenvalue weighted by atomic mass is 10.0. The highest BCUT2D eigenvalue weighted by atomic mass is 19.4. The normalized spacial score (nSPS) is 19.6. The van der Waals surface area contributed by atoms with Crippen molar-refractivity contribution >= 4 is 5.96 Å². The van der Waals surface area contributed by atoms with Gasteiger partial charge in [-0.2, -0.15) is 26.3 Å². The second-order valence-corrected chi connectivity index (χ2v) is 5.77. The number of hydrogen-bond acceptors (Lipinski definition) is 2. The number of halogens is 6. The van der Waals surface area contributed by atoms with Gasteiger partial charge in [-0.1, -0.05) is 12.1 Å². The van der Waals surface area contributed by atoms with Crippen molar-refractivity contribution in [3.05, 3.63) is 35.4 Å². The Balaban J connectivity index is 2.04. The van der Waals surface area contributed by atoms with Crippen LogP contribution in [0.1, 0.15) is 23.7 Å². The van der Waals surface area contributed by atoms with Crippen LogP contribution in [0.4, 0.5) is 26.3 Å². The first-order valence-electron chi connectivity index (χ1n) is 7.91. The Labute approximate surface area is 146 Å². The van der Waals surface area contributed by atoms with E-state index in [-0.39, 0.29) is 25.7 Å². The van der Waals surface area contributed by atoms with Gasteiger partial charge < -0.3 is 15.0 Å². The lowest BCUT2D eigenvalue weighted by Crippen LogP contribution is -2.48. The van der Waals surface area contributed by atoms with Crippen molar-refractivity contribution in [3.63, 3.8) is 0 Å². The minimum Gasteiger partial charge on any atom is -0.370 e. The van der Waals surface area contributed by atoms with Crippen molar-refractivity contribution < 1.29 is 31.1 Å². The van der Waals surface area contributed by atoms with Crippen LogP contribution in [0.2, 0.25) is 0 Å². The first-order valence-corrected chi connectivity index (χ1v) is 7.91. The smallest absolute Gasteiger partial charge is 0.370 e. The summed E-state index contributed by atoms with van der Waals surface area (Å²) in [5, 5.41) is 2.62. The lowest BCUT2D eigenvalue weighted by molar-refractivity contribution is -0.137. The second kappa shape index (κ2) is 8.15. The van der Waals surface area contributed by atoms with Crippen LogP contribution >= 0.6 is 0 Å². The molecule has 1 fully saturated rings. The highest BCUT2D eigenvalue weighted by Gasteiger charge is 2.32. The molecule has 4 nitrogen and oxygen atoms in total. The van der Waals surface area contributed by atoms with Crippen molar-refractivity contribution in [1.82, 2.24) is 10.2 Å². The number of morpholine rings is 1. The van der Waals surface area contributed by atoms with Gasteiger partial charge in [0.2, 0.25) is 0 Å². The fourth-order valence-electron chi connectivity index (χ4n) is 2.61. The van der Waals surface area contributed by atoms with Gasteiger partial charge in [0.15, 0.2) is 5.96 Å². The quantitative estimate of drug-likeness (QED) is 0.492. The molecule has 1 aliphatic rings. The lowest BCUT2D eigenvalue weighted by Gasteiger charge is -2.35. The molecule has 0 aliphatic carbocycles. The standard InChI is InChI=1S/C16H19F6N3O/c1-23-14(24-6-5-15(17,18)19)25-7-8-26-13(10-25)11-3-2-4-12(9-11)16(20,21)22/h2-4,9,13H,5-8,10H2,1H3,(H,23,24). The van der Waals surface area contributed by atoms with Gasteiger partial charge in [-0.25, -0.2) is 0 Å². The number of alkyl halides is 6. The van der Waals surface area contributed by atoms with Gasteiger partial charge >= 0.3 is 12.4 Å². The molecular formula is C16H19F6N3O. The predicted molar refractivity (Wildman–Crippen MR) is 83.7 cm³/mol. The average molecular weight is 383 g/mol. The molecule has 1 aromatic carbocycles. The summed E-state index contributed by atoms with van der Waals surface area (Å²) in [6.07, 6.45) is -10.4. The molecule has 0 bridgehead atoms. The molecule has 146 valence electrons. The average Bonchev–Trinajstić information content (AvgIpc) is 2.57. The van der Waals surface area contributed by atoms with Crippen LogP contribution in [-0.2, 0) is 10.9 Å². The topological polar surface area (TPSA) is 36.9 Å². The van der Waals surface area contributed by atoms with E-state index in [1.54, 1.807) is 4.90 Å². The molecule has 0 amide bonds. The maximum Gasteiger partial charge on any atom is 0.416 e. The number of guanidine groups is 1. The monoisotopic (exact) mass is 383 g/mol. The maximum atomic E-state index is 12.9. The third kappa shape index (κ3) is 5.79. The first kappa shape index (κ1) is 20.3. The molecule has 1 saturated heterocycles. The van der Waals surface area contributed by atoms with Crippen molar-refractivity contribution in [2.24, 2.45) is 4.99 Å². The minimum atomic E-state index is -4.46.